The molecule has 3 aromatic rings. The largest absolute Gasteiger partial charge is 0.415 e. The third-order valence-electron chi connectivity index (χ3n) is 6.60. The average molecular weight is 473 g/mol. The van der Waals surface area contributed by atoms with E-state index in [0.717, 1.165) is 10.9 Å². The summed E-state index contributed by atoms with van der Waals surface area (Å²) in [6.45, 7) is 5.02. The van der Waals surface area contributed by atoms with Gasteiger partial charge in [0.15, 0.2) is 0 Å². The number of amides is 1. The molecule has 10 heteroatoms. The Morgan fingerprint density at radius 1 is 1.30 bits per heavy atom. The van der Waals surface area contributed by atoms with Crippen LogP contribution in [0.1, 0.15) is 38.4 Å². The van der Waals surface area contributed by atoms with E-state index in [1.54, 1.807) is 23.2 Å². The van der Waals surface area contributed by atoms with Crippen molar-refractivity contribution in [2.75, 3.05) is 13.1 Å². The molecule has 1 aliphatic heterocycles. The lowest BCUT2D eigenvalue weighted by Gasteiger charge is -2.43. The van der Waals surface area contributed by atoms with Gasteiger partial charge < -0.3 is 14.7 Å². The second-order valence-electron chi connectivity index (χ2n) is 8.93. The van der Waals surface area contributed by atoms with E-state index in [9.17, 15) is 20.0 Å². The molecule has 9 nitrogen and oxygen atoms in total. The summed E-state index contributed by atoms with van der Waals surface area (Å²) in [4.78, 5) is 24.4. The van der Waals surface area contributed by atoms with Crippen LogP contribution in [0.15, 0.2) is 42.6 Å². The standard InChI is InChI=1S/C23H25ClN4O5/c1-23(2,21(29)19-12-16(24)11-14-13-25-26-20(14)19)15-7-9-27(10-8-15)22(30)33-18-5-3-17(4-6-18)28(31)32/h3-6,11-13,15,21,29H,7-10H2,1-2H3,(H,25,26)/t21-/m1/s1. The van der Waals surface area contributed by atoms with E-state index in [4.69, 9.17) is 16.3 Å². The van der Waals surface area contributed by atoms with Crippen LogP contribution >= 0.6 is 11.6 Å². The number of hydrogen-bond donors (Lipinski definition) is 2. The lowest BCUT2D eigenvalue weighted by atomic mass is 9.68. The van der Waals surface area contributed by atoms with E-state index >= 15 is 0 Å². The molecule has 0 aliphatic carbocycles. The normalized spacial score (nSPS) is 16.1. The molecule has 1 atom stereocenters. The number of ether oxygens (including phenoxy) is 1. The number of H-pyrrole nitrogens is 1. The highest BCUT2D eigenvalue weighted by Gasteiger charge is 2.40. The summed E-state index contributed by atoms with van der Waals surface area (Å²) < 4.78 is 5.37. The van der Waals surface area contributed by atoms with Gasteiger partial charge in [0.25, 0.3) is 5.69 Å². The Hall–Kier alpha value is -3.17. The number of nitrogens with zero attached hydrogens (tertiary/aromatic N) is 3. The van der Waals surface area contributed by atoms with Crippen LogP contribution in [-0.4, -0.2) is 44.3 Å². The number of aromatic nitrogens is 2. The number of non-ortho nitro benzene ring substituents is 1. The van der Waals surface area contributed by atoms with E-state index in [2.05, 4.69) is 10.2 Å². The van der Waals surface area contributed by atoms with Crippen molar-refractivity contribution in [2.45, 2.75) is 32.8 Å². The van der Waals surface area contributed by atoms with Crippen LogP contribution in [0.25, 0.3) is 10.9 Å². The maximum atomic E-state index is 12.5. The zero-order chi connectivity index (χ0) is 23.8. The lowest BCUT2D eigenvalue weighted by molar-refractivity contribution is -0.384. The van der Waals surface area contributed by atoms with Gasteiger partial charge >= 0.3 is 6.09 Å². The van der Waals surface area contributed by atoms with Crippen LogP contribution in [0.4, 0.5) is 10.5 Å². The van der Waals surface area contributed by atoms with Crippen LogP contribution < -0.4 is 4.74 Å². The summed E-state index contributed by atoms with van der Waals surface area (Å²) >= 11 is 6.26. The number of hydrogen-bond acceptors (Lipinski definition) is 6. The van der Waals surface area contributed by atoms with Crippen LogP contribution in [0.3, 0.4) is 0 Å². The molecule has 33 heavy (non-hydrogen) atoms. The number of aliphatic hydroxyl groups is 1. The van der Waals surface area contributed by atoms with Crippen molar-refractivity contribution in [3.05, 3.63) is 63.3 Å². The molecule has 1 amide bonds. The number of carbonyl (C=O) groups excluding carboxylic acids is 1. The predicted molar refractivity (Wildman–Crippen MR) is 123 cm³/mol. The van der Waals surface area contributed by atoms with Gasteiger partial charge in [0.05, 0.1) is 22.7 Å². The molecular weight excluding hydrogens is 448 g/mol. The number of aliphatic hydroxyl groups excluding tert-OH is 1. The first-order valence-corrected chi connectivity index (χ1v) is 11.1. The molecule has 2 heterocycles. The molecular formula is C23H25ClN4O5. The number of benzene rings is 2. The summed E-state index contributed by atoms with van der Waals surface area (Å²) in [5.41, 5.74) is 0.935. The van der Waals surface area contributed by atoms with Gasteiger partial charge in [0.2, 0.25) is 0 Å². The van der Waals surface area contributed by atoms with Crippen molar-refractivity contribution in [3.63, 3.8) is 0 Å². The maximum Gasteiger partial charge on any atom is 0.415 e. The molecule has 2 aromatic carbocycles. The van der Waals surface area contributed by atoms with E-state index in [1.165, 1.54) is 24.3 Å². The first-order chi connectivity index (χ1) is 15.7. The predicted octanol–water partition coefficient (Wildman–Crippen LogP) is 5.10. The lowest BCUT2D eigenvalue weighted by Crippen LogP contribution is -2.44. The van der Waals surface area contributed by atoms with Gasteiger partial charge in [0.1, 0.15) is 5.75 Å². The van der Waals surface area contributed by atoms with Crippen molar-refractivity contribution in [1.29, 1.82) is 0 Å². The molecule has 1 fully saturated rings. The summed E-state index contributed by atoms with van der Waals surface area (Å²) in [7, 11) is 0. The Labute approximate surface area is 195 Å². The molecule has 0 spiro atoms. The summed E-state index contributed by atoms with van der Waals surface area (Å²) in [6.07, 6.45) is 1.81. The van der Waals surface area contributed by atoms with E-state index in [1.807, 2.05) is 13.8 Å². The van der Waals surface area contributed by atoms with Gasteiger partial charge in [-0.25, -0.2) is 4.79 Å². The van der Waals surface area contributed by atoms with Gasteiger partial charge in [-0.1, -0.05) is 25.4 Å². The zero-order valence-corrected chi connectivity index (χ0v) is 19.1. The number of fused-ring (bicyclic) bond motifs is 1. The minimum Gasteiger partial charge on any atom is -0.410 e. The Morgan fingerprint density at radius 2 is 1.97 bits per heavy atom. The highest BCUT2D eigenvalue weighted by atomic mass is 35.5. The van der Waals surface area contributed by atoms with Crippen molar-refractivity contribution in [3.8, 4) is 5.75 Å². The Bertz CT molecular complexity index is 1170. The van der Waals surface area contributed by atoms with Crippen LogP contribution in [0, 0.1) is 21.4 Å². The minimum absolute atomic E-state index is 0.0662. The Morgan fingerprint density at radius 3 is 2.61 bits per heavy atom. The quantitative estimate of drug-likeness (QED) is 0.393. The van der Waals surface area contributed by atoms with Crippen LogP contribution in [0.2, 0.25) is 5.02 Å². The second kappa shape index (κ2) is 8.99. The number of nitro groups is 1. The van der Waals surface area contributed by atoms with Crippen molar-refractivity contribution >= 4 is 34.3 Å². The molecule has 2 N–H and O–H groups in total. The Balaban J connectivity index is 1.40. The smallest absolute Gasteiger partial charge is 0.410 e. The average Bonchev–Trinajstić information content (AvgIpc) is 3.26. The number of carbonyl (C=O) groups is 1. The topological polar surface area (TPSA) is 122 Å². The van der Waals surface area contributed by atoms with Gasteiger partial charge in [-0.05, 0) is 48.4 Å². The molecule has 0 bridgehead atoms. The summed E-state index contributed by atoms with van der Waals surface area (Å²) in [5, 5.41) is 30.5. The number of rotatable bonds is 5. The monoisotopic (exact) mass is 472 g/mol. The highest BCUT2D eigenvalue weighted by Crippen LogP contribution is 2.46. The third-order valence-corrected chi connectivity index (χ3v) is 6.82. The summed E-state index contributed by atoms with van der Waals surface area (Å²) in [6, 6.07) is 8.98. The SMILES string of the molecule is CC(C)(C1CCN(C(=O)Oc2ccc([N+](=O)[O-])cc2)CC1)[C@H](O)c1cc(Cl)cc2cn[nH]c12. The molecule has 4 rings (SSSR count). The number of aromatic amines is 1. The molecule has 1 saturated heterocycles. The fourth-order valence-electron chi connectivity index (χ4n) is 4.49. The molecule has 0 radical (unpaired) electrons. The second-order valence-corrected chi connectivity index (χ2v) is 9.37. The number of halogens is 1. The van der Waals surface area contributed by atoms with Gasteiger partial charge in [-0.2, -0.15) is 5.10 Å². The molecule has 0 unspecified atom stereocenters. The first kappa shape index (κ1) is 23.0. The van der Waals surface area contributed by atoms with Crippen LogP contribution in [-0.2, 0) is 0 Å². The minimum atomic E-state index is -0.775. The van der Waals surface area contributed by atoms with E-state index in [0.29, 0.717) is 36.5 Å². The summed E-state index contributed by atoms with van der Waals surface area (Å²) in [5.74, 6) is 0.417. The van der Waals surface area contributed by atoms with E-state index < -0.39 is 22.5 Å². The number of likely N-dealkylation sites (tertiary alicyclic amines) is 1. The number of nitrogens with one attached hydrogen (secondary N) is 1. The fourth-order valence-corrected chi connectivity index (χ4v) is 4.73. The van der Waals surface area contributed by atoms with Crippen molar-refractivity contribution in [1.82, 2.24) is 15.1 Å². The number of piperidine rings is 1. The fraction of sp³-hybridized carbons (Fsp3) is 0.391. The van der Waals surface area contributed by atoms with E-state index in [-0.39, 0.29) is 17.4 Å². The van der Waals surface area contributed by atoms with Gasteiger partial charge in [-0.3, -0.25) is 15.2 Å². The zero-order valence-electron chi connectivity index (χ0n) is 18.3. The molecule has 0 saturated carbocycles. The van der Waals surface area contributed by atoms with Gasteiger partial charge in [0, 0.05) is 41.2 Å². The van der Waals surface area contributed by atoms with Gasteiger partial charge in [-0.15, -0.1) is 0 Å². The number of nitro benzene ring substituents is 1. The Kier molecular flexibility index (Phi) is 6.27. The first-order valence-electron chi connectivity index (χ1n) is 10.7. The van der Waals surface area contributed by atoms with Crippen molar-refractivity contribution in [2.24, 2.45) is 11.3 Å². The van der Waals surface area contributed by atoms with Crippen LogP contribution in [0.5, 0.6) is 5.75 Å². The maximum absolute atomic E-state index is 12.5. The third kappa shape index (κ3) is 4.65. The highest BCUT2D eigenvalue weighted by molar-refractivity contribution is 6.31. The van der Waals surface area contributed by atoms with Crippen molar-refractivity contribution < 1.29 is 19.6 Å². The molecule has 174 valence electrons. The molecule has 1 aliphatic rings. The molecule has 1 aromatic heterocycles.